The molecule has 0 bridgehead atoms. The summed E-state index contributed by atoms with van der Waals surface area (Å²) in [5.74, 6) is -2.98. The number of ketones is 1. The van der Waals surface area contributed by atoms with Crippen molar-refractivity contribution >= 4 is 46.1 Å². The van der Waals surface area contributed by atoms with Gasteiger partial charge in [0.05, 0.1) is 11.1 Å². The molecular formula is C19H24N2O10S. The van der Waals surface area contributed by atoms with Gasteiger partial charge in [-0.3, -0.25) is 24.0 Å². The number of ether oxygens (including phenoxy) is 5. The molecule has 13 heteroatoms. The Morgan fingerprint density at radius 1 is 0.906 bits per heavy atom. The van der Waals surface area contributed by atoms with E-state index in [-0.39, 0.29) is 17.5 Å². The predicted octanol–water partition coefficient (Wildman–Crippen LogP) is 0.841. The molecule has 2 rings (SSSR count). The third-order valence-corrected chi connectivity index (χ3v) is 5.14. The van der Waals surface area contributed by atoms with Gasteiger partial charge in [0.1, 0.15) is 12.7 Å². The van der Waals surface area contributed by atoms with Crippen LogP contribution in [0.4, 0.5) is 5.13 Å². The lowest BCUT2D eigenvalue weighted by molar-refractivity contribution is -0.247. The Labute approximate surface area is 187 Å². The number of hydrogen-bond donors (Lipinski definition) is 1. The molecule has 1 aliphatic heterocycles. The summed E-state index contributed by atoms with van der Waals surface area (Å²) < 4.78 is 26.9. The molecule has 0 aliphatic carbocycles. The van der Waals surface area contributed by atoms with Crippen molar-refractivity contribution in [1.82, 2.24) is 4.98 Å². The van der Waals surface area contributed by atoms with E-state index in [1.54, 1.807) is 0 Å². The van der Waals surface area contributed by atoms with Crippen LogP contribution in [-0.2, 0) is 42.9 Å². The second kappa shape index (κ2) is 11.0. The summed E-state index contributed by atoms with van der Waals surface area (Å²) in [5, 5.41) is 3.15. The number of hydrogen-bond acceptors (Lipinski definition) is 13. The normalized spacial score (nSPS) is 24.7. The highest BCUT2D eigenvalue weighted by atomic mass is 32.1. The number of nitrogens with zero attached hydrogens (tertiary/aromatic N) is 1. The fraction of sp³-hybridized carbons (Fsp3) is 0.579. The average Bonchev–Trinajstić information content (AvgIpc) is 3.13. The topological polar surface area (TPSA) is 156 Å². The van der Waals surface area contributed by atoms with E-state index in [4.69, 9.17) is 23.7 Å². The molecule has 0 saturated carbocycles. The third kappa shape index (κ3) is 6.99. The van der Waals surface area contributed by atoms with Crippen LogP contribution < -0.4 is 5.32 Å². The van der Waals surface area contributed by atoms with E-state index in [1.807, 2.05) is 0 Å². The Hall–Kier alpha value is -3.06. The minimum atomic E-state index is -1.29. The van der Waals surface area contributed by atoms with Crippen LogP contribution in [0.3, 0.4) is 0 Å². The third-order valence-electron chi connectivity index (χ3n) is 4.11. The molecule has 1 aliphatic rings. The first-order chi connectivity index (χ1) is 15.0. The maximum atomic E-state index is 11.8. The molecule has 1 N–H and O–H groups in total. The fourth-order valence-corrected chi connectivity index (χ4v) is 3.71. The average molecular weight is 472 g/mol. The Bertz CT molecular complexity index is 885. The molecule has 1 saturated heterocycles. The highest BCUT2D eigenvalue weighted by Crippen LogP contribution is 2.31. The van der Waals surface area contributed by atoms with Crippen molar-refractivity contribution in [2.75, 3.05) is 11.9 Å². The zero-order chi connectivity index (χ0) is 24.0. The number of esters is 4. The van der Waals surface area contributed by atoms with Crippen LogP contribution in [0.5, 0.6) is 0 Å². The van der Waals surface area contributed by atoms with Crippen LogP contribution in [0.15, 0.2) is 6.20 Å². The van der Waals surface area contributed by atoms with E-state index in [9.17, 15) is 24.0 Å². The largest absolute Gasteiger partial charge is 0.463 e. The Morgan fingerprint density at radius 3 is 1.97 bits per heavy atom. The van der Waals surface area contributed by atoms with Crippen LogP contribution in [0, 0.1) is 0 Å². The molecule has 0 aromatic carbocycles. The van der Waals surface area contributed by atoms with Crippen molar-refractivity contribution in [2.45, 2.75) is 65.3 Å². The van der Waals surface area contributed by atoms with Gasteiger partial charge in [-0.1, -0.05) is 11.3 Å². The van der Waals surface area contributed by atoms with E-state index < -0.39 is 54.5 Å². The molecule has 12 nitrogen and oxygen atoms in total. The zero-order valence-electron chi connectivity index (χ0n) is 18.1. The number of rotatable bonds is 8. The van der Waals surface area contributed by atoms with Gasteiger partial charge in [-0.05, 0) is 0 Å². The molecule has 1 aromatic rings. The molecule has 5 atom stereocenters. The van der Waals surface area contributed by atoms with Gasteiger partial charge >= 0.3 is 23.9 Å². The summed E-state index contributed by atoms with van der Waals surface area (Å²) in [4.78, 5) is 62.6. The van der Waals surface area contributed by atoms with Crippen molar-refractivity contribution in [3.8, 4) is 0 Å². The number of nitrogens with one attached hydrogen (secondary N) is 1. The molecular weight excluding hydrogens is 448 g/mol. The molecule has 2 heterocycles. The fourth-order valence-electron chi connectivity index (χ4n) is 2.97. The predicted molar refractivity (Wildman–Crippen MR) is 108 cm³/mol. The van der Waals surface area contributed by atoms with Crippen molar-refractivity contribution in [1.29, 1.82) is 0 Å². The van der Waals surface area contributed by atoms with Crippen LogP contribution in [0.2, 0.25) is 0 Å². The van der Waals surface area contributed by atoms with Crippen LogP contribution in [0.25, 0.3) is 0 Å². The maximum absolute atomic E-state index is 11.8. The van der Waals surface area contributed by atoms with Gasteiger partial charge in [0, 0.05) is 34.6 Å². The molecule has 0 amide bonds. The lowest BCUT2D eigenvalue weighted by Crippen LogP contribution is -2.64. The number of Topliss-reactive ketones (excluding diaryl/α,β-unsaturated/α-hetero) is 1. The smallest absolute Gasteiger partial charge is 0.303 e. The lowest BCUT2D eigenvalue weighted by atomic mass is 9.97. The Kier molecular flexibility index (Phi) is 8.66. The number of aromatic nitrogens is 1. The minimum absolute atomic E-state index is 0.197. The van der Waals surface area contributed by atoms with Gasteiger partial charge in [0.25, 0.3) is 0 Å². The monoisotopic (exact) mass is 472 g/mol. The molecule has 176 valence electrons. The van der Waals surface area contributed by atoms with E-state index in [1.165, 1.54) is 20.0 Å². The van der Waals surface area contributed by atoms with E-state index in [2.05, 4.69) is 10.3 Å². The number of thiazole rings is 1. The van der Waals surface area contributed by atoms with Gasteiger partial charge < -0.3 is 29.0 Å². The summed E-state index contributed by atoms with van der Waals surface area (Å²) in [6.45, 7) is 5.64. The van der Waals surface area contributed by atoms with Gasteiger partial charge in [0.15, 0.2) is 35.5 Å². The number of anilines is 1. The van der Waals surface area contributed by atoms with Gasteiger partial charge in [0.2, 0.25) is 0 Å². The Morgan fingerprint density at radius 2 is 1.47 bits per heavy atom. The molecule has 0 spiro atoms. The SMILES string of the molecule is CC(=O)OC[C@H]1O[C@H](Nc2ncc(C(C)=O)s2)[C@@H](OC(C)=O)[C@@H](OC(C)=O)[C@@H]1OC(C)=O. The number of carbonyl (C=O) groups excluding carboxylic acids is 5. The summed E-state index contributed by atoms with van der Waals surface area (Å²) in [5.41, 5.74) is 0. The van der Waals surface area contributed by atoms with E-state index in [0.717, 1.165) is 32.1 Å². The summed E-state index contributed by atoms with van der Waals surface area (Å²) >= 11 is 1.03. The maximum Gasteiger partial charge on any atom is 0.303 e. The van der Waals surface area contributed by atoms with Crippen molar-refractivity contribution in [2.24, 2.45) is 0 Å². The first-order valence-electron chi connectivity index (χ1n) is 9.51. The summed E-state index contributed by atoms with van der Waals surface area (Å²) in [6, 6.07) is 0. The highest BCUT2D eigenvalue weighted by molar-refractivity contribution is 7.17. The van der Waals surface area contributed by atoms with Crippen molar-refractivity contribution in [3.05, 3.63) is 11.1 Å². The second-order valence-corrected chi connectivity index (χ2v) is 7.88. The van der Waals surface area contributed by atoms with Gasteiger partial charge in [-0.2, -0.15) is 0 Å². The quantitative estimate of drug-likeness (QED) is 0.323. The minimum Gasteiger partial charge on any atom is -0.463 e. The zero-order valence-corrected chi connectivity index (χ0v) is 18.9. The first-order valence-corrected chi connectivity index (χ1v) is 10.3. The second-order valence-electron chi connectivity index (χ2n) is 6.85. The van der Waals surface area contributed by atoms with Crippen LogP contribution >= 0.6 is 11.3 Å². The van der Waals surface area contributed by atoms with Gasteiger partial charge in [-0.25, -0.2) is 4.98 Å². The van der Waals surface area contributed by atoms with Crippen molar-refractivity contribution < 1.29 is 47.7 Å². The molecule has 0 radical (unpaired) electrons. The lowest BCUT2D eigenvalue weighted by Gasteiger charge is -2.44. The summed E-state index contributed by atoms with van der Waals surface area (Å²) in [6.07, 6.45) is -4.67. The number of carbonyl (C=O) groups is 5. The summed E-state index contributed by atoms with van der Waals surface area (Å²) in [7, 11) is 0. The van der Waals surface area contributed by atoms with Crippen LogP contribution in [0.1, 0.15) is 44.3 Å². The van der Waals surface area contributed by atoms with E-state index >= 15 is 0 Å². The van der Waals surface area contributed by atoms with Crippen molar-refractivity contribution in [3.63, 3.8) is 0 Å². The molecule has 1 fully saturated rings. The molecule has 0 unspecified atom stereocenters. The molecule has 1 aromatic heterocycles. The highest BCUT2D eigenvalue weighted by Gasteiger charge is 2.52. The van der Waals surface area contributed by atoms with Gasteiger partial charge in [-0.15, -0.1) is 0 Å². The van der Waals surface area contributed by atoms with Crippen LogP contribution in [-0.4, -0.2) is 71.9 Å². The van der Waals surface area contributed by atoms with E-state index in [0.29, 0.717) is 4.88 Å². The first kappa shape index (κ1) is 25.2. The standard InChI is InChI=1S/C19H24N2O10S/c1-8(22)14-6-20-19(32-14)21-18-17(30-12(5)26)16(29-11(4)25)15(28-10(3)24)13(31-18)7-27-9(2)23/h6,13,15-18H,7H2,1-5H3,(H,20,21)/t13-,15-,16+,17+,18+/m1/s1. The molecule has 32 heavy (non-hydrogen) atoms. The Balaban J connectivity index is 2.43.